The number of anilines is 1. The molecule has 0 bridgehead atoms. The van der Waals surface area contributed by atoms with Crippen LogP contribution in [0.4, 0.5) is 5.82 Å². The molecule has 1 aliphatic rings. The molecular weight excluding hydrogens is 300 g/mol. The van der Waals surface area contributed by atoms with Crippen molar-refractivity contribution in [1.82, 2.24) is 9.88 Å². The SMILES string of the molecule is CC(=O)N1CCN(c2cc(C)c([C@H](N)c3ccccc3)cn2)CC1. The van der Waals surface area contributed by atoms with E-state index in [0.717, 1.165) is 48.7 Å². The molecule has 24 heavy (non-hydrogen) atoms. The van der Waals surface area contributed by atoms with E-state index in [1.54, 1.807) is 6.92 Å². The first-order chi connectivity index (χ1) is 11.6. The van der Waals surface area contributed by atoms with Gasteiger partial charge in [-0.3, -0.25) is 4.79 Å². The minimum Gasteiger partial charge on any atom is -0.353 e. The molecule has 1 aromatic carbocycles. The summed E-state index contributed by atoms with van der Waals surface area (Å²) in [6, 6.07) is 12.0. The molecule has 0 aliphatic carbocycles. The zero-order valence-electron chi connectivity index (χ0n) is 14.3. The molecule has 0 spiro atoms. The van der Waals surface area contributed by atoms with Gasteiger partial charge in [0.25, 0.3) is 0 Å². The lowest BCUT2D eigenvalue weighted by atomic mass is 9.97. The number of piperazine rings is 1. The van der Waals surface area contributed by atoms with Gasteiger partial charge in [0.15, 0.2) is 0 Å². The van der Waals surface area contributed by atoms with Crippen LogP contribution in [0.3, 0.4) is 0 Å². The molecule has 1 fully saturated rings. The molecule has 0 unspecified atom stereocenters. The second kappa shape index (κ2) is 7.01. The lowest BCUT2D eigenvalue weighted by Gasteiger charge is -2.35. The smallest absolute Gasteiger partial charge is 0.219 e. The monoisotopic (exact) mass is 324 g/mol. The summed E-state index contributed by atoms with van der Waals surface area (Å²) in [6.45, 7) is 6.84. The molecule has 1 amide bonds. The predicted molar refractivity (Wildman–Crippen MR) is 95.9 cm³/mol. The largest absolute Gasteiger partial charge is 0.353 e. The van der Waals surface area contributed by atoms with Gasteiger partial charge in [-0.05, 0) is 29.7 Å². The summed E-state index contributed by atoms with van der Waals surface area (Å²) in [5.41, 5.74) is 9.68. The Balaban J connectivity index is 1.75. The van der Waals surface area contributed by atoms with Crippen molar-refractivity contribution >= 4 is 11.7 Å². The van der Waals surface area contributed by atoms with Crippen LogP contribution in [-0.4, -0.2) is 42.0 Å². The third-order valence-corrected chi connectivity index (χ3v) is 4.68. The van der Waals surface area contributed by atoms with Crippen molar-refractivity contribution in [2.24, 2.45) is 5.73 Å². The maximum atomic E-state index is 11.4. The number of rotatable bonds is 3. The van der Waals surface area contributed by atoms with Gasteiger partial charge in [-0.2, -0.15) is 0 Å². The number of carbonyl (C=O) groups is 1. The highest BCUT2D eigenvalue weighted by atomic mass is 16.2. The molecule has 0 radical (unpaired) electrons. The van der Waals surface area contributed by atoms with Gasteiger partial charge in [0, 0.05) is 39.3 Å². The Morgan fingerprint density at radius 2 is 1.83 bits per heavy atom. The third kappa shape index (κ3) is 3.41. The Labute approximate surface area is 143 Å². The number of hydrogen-bond acceptors (Lipinski definition) is 4. The first kappa shape index (κ1) is 16.5. The fraction of sp³-hybridized carbons (Fsp3) is 0.368. The lowest BCUT2D eigenvalue weighted by molar-refractivity contribution is -0.129. The summed E-state index contributed by atoms with van der Waals surface area (Å²) in [7, 11) is 0. The number of aromatic nitrogens is 1. The van der Waals surface area contributed by atoms with Crippen molar-refractivity contribution in [2.45, 2.75) is 19.9 Å². The Hall–Kier alpha value is -2.40. The van der Waals surface area contributed by atoms with E-state index >= 15 is 0 Å². The van der Waals surface area contributed by atoms with Crippen LogP contribution < -0.4 is 10.6 Å². The molecule has 2 N–H and O–H groups in total. The maximum Gasteiger partial charge on any atom is 0.219 e. The molecule has 126 valence electrons. The van der Waals surface area contributed by atoms with Crippen LogP contribution in [0, 0.1) is 6.92 Å². The fourth-order valence-electron chi connectivity index (χ4n) is 3.14. The van der Waals surface area contributed by atoms with Crippen LogP contribution in [0.15, 0.2) is 42.6 Å². The van der Waals surface area contributed by atoms with Crippen molar-refractivity contribution in [3.8, 4) is 0 Å². The number of nitrogens with zero attached hydrogens (tertiary/aromatic N) is 3. The number of carbonyl (C=O) groups excluding carboxylic acids is 1. The Morgan fingerprint density at radius 3 is 2.42 bits per heavy atom. The van der Waals surface area contributed by atoms with Gasteiger partial charge in [-0.25, -0.2) is 4.98 Å². The molecular formula is C19H24N4O. The molecule has 2 aromatic rings. The molecule has 3 rings (SSSR count). The van der Waals surface area contributed by atoms with Crippen LogP contribution >= 0.6 is 0 Å². The van der Waals surface area contributed by atoms with Crippen LogP contribution in [0.2, 0.25) is 0 Å². The van der Waals surface area contributed by atoms with Gasteiger partial charge in [0.05, 0.1) is 6.04 Å². The van der Waals surface area contributed by atoms with Gasteiger partial charge in [0.1, 0.15) is 5.82 Å². The summed E-state index contributed by atoms with van der Waals surface area (Å²) in [5, 5.41) is 0. The van der Waals surface area contributed by atoms with Gasteiger partial charge in [0.2, 0.25) is 5.91 Å². The fourth-order valence-corrected chi connectivity index (χ4v) is 3.14. The highest BCUT2D eigenvalue weighted by Gasteiger charge is 2.20. The van der Waals surface area contributed by atoms with E-state index < -0.39 is 0 Å². The average molecular weight is 324 g/mol. The molecule has 2 heterocycles. The van der Waals surface area contributed by atoms with Crippen molar-refractivity contribution in [1.29, 1.82) is 0 Å². The van der Waals surface area contributed by atoms with E-state index in [1.807, 2.05) is 41.4 Å². The van der Waals surface area contributed by atoms with Crippen LogP contribution in [0.5, 0.6) is 0 Å². The zero-order valence-corrected chi connectivity index (χ0v) is 14.3. The van der Waals surface area contributed by atoms with E-state index in [9.17, 15) is 4.79 Å². The summed E-state index contributed by atoms with van der Waals surface area (Å²) in [6.07, 6.45) is 1.89. The number of hydrogen-bond donors (Lipinski definition) is 1. The third-order valence-electron chi connectivity index (χ3n) is 4.68. The quantitative estimate of drug-likeness (QED) is 0.939. The van der Waals surface area contributed by atoms with Gasteiger partial charge in [-0.1, -0.05) is 30.3 Å². The molecule has 1 aromatic heterocycles. The minimum atomic E-state index is -0.165. The first-order valence-corrected chi connectivity index (χ1v) is 8.34. The van der Waals surface area contributed by atoms with E-state index in [4.69, 9.17) is 5.73 Å². The van der Waals surface area contributed by atoms with Crippen molar-refractivity contribution < 1.29 is 4.79 Å². The first-order valence-electron chi connectivity index (χ1n) is 8.34. The van der Waals surface area contributed by atoms with Gasteiger partial charge >= 0.3 is 0 Å². The van der Waals surface area contributed by atoms with Crippen molar-refractivity contribution in [2.75, 3.05) is 31.1 Å². The molecule has 0 saturated carbocycles. The summed E-state index contributed by atoms with van der Waals surface area (Å²) >= 11 is 0. The minimum absolute atomic E-state index is 0.142. The number of benzene rings is 1. The lowest BCUT2D eigenvalue weighted by Crippen LogP contribution is -2.48. The van der Waals surface area contributed by atoms with E-state index in [-0.39, 0.29) is 11.9 Å². The van der Waals surface area contributed by atoms with E-state index in [2.05, 4.69) is 22.9 Å². The highest BCUT2D eigenvalue weighted by molar-refractivity contribution is 5.73. The molecule has 5 nitrogen and oxygen atoms in total. The Morgan fingerprint density at radius 1 is 1.17 bits per heavy atom. The van der Waals surface area contributed by atoms with E-state index in [0.29, 0.717) is 0 Å². The summed E-state index contributed by atoms with van der Waals surface area (Å²) in [4.78, 5) is 20.2. The normalized spacial score (nSPS) is 16.1. The van der Waals surface area contributed by atoms with Gasteiger partial charge in [-0.15, -0.1) is 0 Å². The number of aryl methyl sites for hydroxylation is 1. The van der Waals surface area contributed by atoms with Crippen LogP contribution in [0.1, 0.15) is 29.7 Å². The van der Waals surface area contributed by atoms with Gasteiger partial charge < -0.3 is 15.5 Å². The van der Waals surface area contributed by atoms with Crippen molar-refractivity contribution in [3.05, 3.63) is 59.3 Å². The standard InChI is InChI=1S/C19H24N4O/c1-14-12-18(23-10-8-22(9-11-23)15(2)24)21-13-17(14)19(20)16-6-4-3-5-7-16/h3-7,12-13,19H,8-11,20H2,1-2H3/t19-/m1/s1. The number of pyridine rings is 1. The van der Waals surface area contributed by atoms with Crippen molar-refractivity contribution in [3.63, 3.8) is 0 Å². The summed E-state index contributed by atoms with van der Waals surface area (Å²) in [5.74, 6) is 1.10. The second-order valence-electron chi connectivity index (χ2n) is 6.28. The molecule has 1 aliphatic heterocycles. The summed E-state index contributed by atoms with van der Waals surface area (Å²) < 4.78 is 0. The molecule has 5 heteroatoms. The predicted octanol–water partition coefficient (Wildman–Crippen LogP) is 2.11. The zero-order chi connectivity index (χ0) is 17.1. The second-order valence-corrected chi connectivity index (χ2v) is 6.28. The molecule has 1 atom stereocenters. The maximum absolute atomic E-state index is 11.4. The Kier molecular flexibility index (Phi) is 4.81. The molecule has 1 saturated heterocycles. The van der Waals surface area contributed by atoms with Crippen LogP contribution in [-0.2, 0) is 4.79 Å². The van der Waals surface area contributed by atoms with E-state index in [1.165, 1.54) is 0 Å². The highest BCUT2D eigenvalue weighted by Crippen LogP contribution is 2.25. The topological polar surface area (TPSA) is 62.5 Å². The number of amides is 1. The van der Waals surface area contributed by atoms with Crippen LogP contribution in [0.25, 0.3) is 0 Å². The average Bonchev–Trinajstić information content (AvgIpc) is 2.62. The Bertz CT molecular complexity index is 709. The number of nitrogens with two attached hydrogens (primary N) is 1.